The van der Waals surface area contributed by atoms with Gasteiger partial charge in [0.25, 0.3) is 5.91 Å². The number of pyridine rings is 2. The number of carbonyl (C=O) groups excluding carboxylic acids is 1. The molecule has 5 N–H and O–H groups in total. The first-order chi connectivity index (χ1) is 17.6. The maximum atomic E-state index is 12.9. The van der Waals surface area contributed by atoms with Crippen molar-refractivity contribution >= 4 is 52.0 Å². The lowest BCUT2D eigenvalue weighted by molar-refractivity contribution is -0.110. The molecule has 1 aliphatic heterocycles. The van der Waals surface area contributed by atoms with Crippen molar-refractivity contribution in [3.05, 3.63) is 70.1 Å². The SMILES string of the molecule is CC1CN(c2ccc(NC(=O)C(=N)c3cc(OC(C)c4c(Cl)cncc4Cl)ccc3N)cn2)CC(C)N1. The van der Waals surface area contributed by atoms with Crippen LogP contribution in [0.5, 0.6) is 5.75 Å². The molecule has 11 heteroatoms. The second-order valence-corrected chi connectivity index (χ2v) is 9.95. The number of nitrogens with zero attached hydrogens (tertiary/aromatic N) is 3. The fourth-order valence-corrected chi connectivity index (χ4v) is 5.05. The smallest absolute Gasteiger partial charge is 0.274 e. The zero-order valence-electron chi connectivity index (χ0n) is 20.8. The Balaban J connectivity index is 1.44. The van der Waals surface area contributed by atoms with Gasteiger partial charge in [-0.3, -0.25) is 15.2 Å². The molecule has 0 radical (unpaired) electrons. The summed E-state index contributed by atoms with van der Waals surface area (Å²) in [4.78, 5) is 23.5. The van der Waals surface area contributed by atoms with E-state index in [9.17, 15) is 4.79 Å². The third-order valence-corrected chi connectivity index (χ3v) is 6.62. The van der Waals surface area contributed by atoms with E-state index in [1.54, 1.807) is 37.4 Å². The number of nitrogen functional groups attached to an aromatic ring is 1. The van der Waals surface area contributed by atoms with Crippen LogP contribution in [0.4, 0.5) is 17.2 Å². The molecular weight excluding hydrogens is 513 g/mol. The predicted molar refractivity (Wildman–Crippen MR) is 148 cm³/mol. The van der Waals surface area contributed by atoms with Crippen LogP contribution in [0, 0.1) is 5.41 Å². The Labute approximate surface area is 225 Å². The van der Waals surface area contributed by atoms with Gasteiger partial charge in [0.05, 0.1) is 21.9 Å². The van der Waals surface area contributed by atoms with Crippen LogP contribution in [0.3, 0.4) is 0 Å². The highest BCUT2D eigenvalue weighted by Gasteiger charge is 2.22. The number of ether oxygens (including phenoxy) is 1. The first-order valence-electron chi connectivity index (χ1n) is 11.8. The van der Waals surface area contributed by atoms with E-state index in [0.29, 0.717) is 39.1 Å². The van der Waals surface area contributed by atoms with E-state index in [-0.39, 0.29) is 17.0 Å². The summed E-state index contributed by atoms with van der Waals surface area (Å²) in [5, 5.41) is 15.4. The Morgan fingerprint density at radius 1 is 1.16 bits per heavy atom. The zero-order valence-corrected chi connectivity index (χ0v) is 22.3. The van der Waals surface area contributed by atoms with Gasteiger partial charge in [-0.1, -0.05) is 23.2 Å². The zero-order chi connectivity index (χ0) is 26.7. The van der Waals surface area contributed by atoms with Crippen molar-refractivity contribution in [2.24, 2.45) is 0 Å². The second-order valence-electron chi connectivity index (χ2n) is 9.13. The lowest BCUT2D eigenvalue weighted by Crippen LogP contribution is -2.54. The normalized spacial score (nSPS) is 18.2. The van der Waals surface area contributed by atoms with Crippen molar-refractivity contribution in [1.29, 1.82) is 5.41 Å². The molecule has 3 atom stereocenters. The highest BCUT2D eigenvalue weighted by molar-refractivity contribution is 6.48. The highest BCUT2D eigenvalue weighted by Crippen LogP contribution is 2.33. The molecule has 1 amide bonds. The Bertz CT molecular complexity index is 1270. The molecule has 0 spiro atoms. The fraction of sp³-hybridized carbons (Fsp3) is 0.308. The molecule has 3 aromatic rings. The molecule has 9 nitrogen and oxygen atoms in total. The summed E-state index contributed by atoms with van der Waals surface area (Å²) in [6.45, 7) is 7.77. The van der Waals surface area contributed by atoms with E-state index in [1.807, 2.05) is 6.07 Å². The summed E-state index contributed by atoms with van der Waals surface area (Å²) >= 11 is 12.5. The number of nitrogens with two attached hydrogens (primary N) is 1. The number of benzene rings is 1. The third kappa shape index (κ3) is 6.30. The Kier molecular flexibility index (Phi) is 8.16. The van der Waals surface area contributed by atoms with Crippen LogP contribution >= 0.6 is 23.2 Å². The van der Waals surface area contributed by atoms with Crippen molar-refractivity contribution in [2.45, 2.75) is 39.0 Å². The first kappa shape index (κ1) is 26.7. The molecular formula is C26H29Cl2N7O2. The number of amides is 1. The van der Waals surface area contributed by atoms with Gasteiger partial charge in [-0.25, -0.2) is 4.98 Å². The lowest BCUT2D eigenvalue weighted by Gasteiger charge is -2.36. The summed E-state index contributed by atoms with van der Waals surface area (Å²) in [6.07, 6.45) is 4.06. The molecule has 37 heavy (non-hydrogen) atoms. The number of carbonyl (C=O) groups is 1. The number of hydrogen-bond donors (Lipinski definition) is 4. The number of anilines is 3. The molecule has 0 bridgehead atoms. The summed E-state index contributed by atoms with van der Waals surface area (Å²) in [5.74, 6) is 0.630. The Morgan fingerprint density at radius 2 is 1.84 bits per heavy atom. The number of piperazine rings is 1. The lowest BCUT2D eigenvalue weighted by atomic mass is 10.1. The van der Waals surface area contributed by atoms with Crippen LogP contribution in [0.1, 0.15) is 38.0 Å². The van der Waals surface area contributed by atoms with Gasteiger partial charge >= 0.3 is 0 Å². The monoisotopic (exact) mass is 541 g/mol. The standard InChI is InChI=1S/C26H29Cl2N7O2/c1-14-12-35(13-15(2)33-14)23-7-4-17(9-32-23)34-26(36)25(30)19-8-18(5-6-22(19)29)37-16(3)24-20(27)10-31-11-21(24)28/h4-11,14-16,30,33H,12-13,29H2,1-3H3,(H,34,36). The van der Waals surface area contributed by atoms with E-state index >= 15 is 0 Å². The number of aromatic nitrogens is 2. The quantitative estimate of drug-likeness (QED) is 0.252. The number of hydrogen-bond acceptors (Lipinski definition) is 8. The van der Waals surface area contributed by atoms with Crippen molar-refractivity contribution in [1.82, 2.24) is 15.3 Å². The minimum atomic E-state index is -0.615. The van der Waals surface area contributed by atoms with Crippen LogP contribution in [0.15, 0.2) is 48.9 Å². The summed E-state index contributed by atoms with van der Waals surface area (Å²) in [7, 11) is 0. The molecule has 1 fully saturated rings. The first-order valence-corrected chi connectivity index (χ1v) is 12.6. The molecule has 1 aliphatic rings. The van der Waals surface area contributed by atoms with Crippen molar-refractivity contribution < 1.29 is 9.53 Å². The van der Waals surface area contributed by atoms with Gasteiger partial charge in [0.1, 0.15) is 23.4 Å². The number of nitrogens with one attached hydrogen (secondary N) is 3. The van der Waals surface area contributed by atoms with Crippen LogP contribution in [0.2, 0.25) is 10.0 Å². The largest absolute Gasteiger partial charge is 0.486 e. The van der Waals surface area contributed by atoms with E-state index in [2.05, 4.69) is 39.3 Å². The third-order valence-electron chi connectivity index (χ3n) is 6.02. The molecule has 0 aliphatic carbocycles. The van der Waals surface area contributed by atoms with E-state index in [4.69, 9.17) is 39.1 Å². The fourth-order valence-electron chi connectivity index (χ4n) is 4.37. The molecule has 1 saturated heterocycles. The average molecular weight is 542 g/mol. The summed E-state index contributed by atoms with van der Waals surface area (Å²) in [5.41, 5.74) is 7.37. The van der Waals surface area contributed by atoms with Gasteiger partial charge in [-0.05, 0) is 51.1 Å². The molecule has 4 rings (SSSR count). The van der Waals surface area contributed by atoms with Crippen LogP contribution in [0.25, 0.3) is 0 Å². The maximum Gasteiger partial charge on any atom is 0.274 e. The van der Waals surface area contributed by atoms with Crippen LogP contribution in [-0.4, -0.2) is 46.8 Å². The van der Waals surface area contributed by atoms with Gasteiger partial charge in [-0.15, -0.1) is 0 Å². The average Bonchev–Trinajstić information content (AvgIpc) is 2.84. The maximum absolute atomic E-state index is 12.9. The van der Waals surface area contributed by atoms with E-state index < -0.39 is 12.0 Å². The van der Waals surface area contributed by atoms with Gasteiger partial charge in [0.15, 0.2) is 0 Å². The van der Waals surface area contributed by atoms with Crippen molar-refractivity contribution in [3.8, 4) is 5.75 Å². The Morgan fingerprint density at radius 3 is 2.46 bits per heavy atom. The summed E-state index contributed by atoms with van der Waals surface area (Å²) in [6, 6.07) is 9.14. The van der Waals surface area contributed by atoms with Crippen molar-refractivity contribution in [3.63, 3.8) is 0 Å². The van der Waals surface area contributed by atoms with Gasteiger partial charge in [0, 0.05) is 54.4 Å². The van der Waals surface area contributed by atoms with Crippen molar-refractivity contribution in [2.75, 3.05) is 29.0 Å². The van der Waals surface area contributed by atoms with E-state index in [1.165, 1.54) is 12.4 Å². The van der Waals surface area contributed by atoms with Gasteiger partial charge < -0.3 is 26.0 Å². The predicted octanol–water partition coefficient (Wildman–Crippen LogP) is 4.70. The molecule has 1 aromatic carbocycles. The van der Waals surface area contributed by atoms with Crippen LogP contribution in [-0.2, 0) is 4.79 Å². The molecule has 0 saturated carbocycles. The molecule has 3 unspecified atom stereocenters. The van der Waals surface area contributed by atoms with Gasteiger partial charge in [-0.2, -0.15) is 0 Å². The minimum absolute atomic E-state index is 0.238. The molecule has 3 heterocycles. The Hall–Kier alpha value is -3.40. The number of halogens is 2. The summed E-state index contributed by atoms with van der Waals surface area (Å²) < 4.78 is 5.99. The van der Waals surface area contributed by atoms with Crippen LogP contribution < -0.4 is 26.0 Å². The van der Waals surface area contributed by atoms with E-state index in [0.717, 1.165) is 18.9 Å². The van der Waals surface area contributed by atoms with Gasteiger partial charge in [0.2, 0.25) is 0 Å². The molecule has 2 aromatic heterocycles. The minimum Gasteiger partial charge on any atom is -0.486 e. The molecule has 194 valence electrons. The number of rotatable bonds is 7. The second kappa shape index (κ2) is 11.3. The highest BCUT2D eigenvalue weighted by atomic mass is 35.5. The topological polar surface area (TPSA) is 129 Å².